The molecule has 1 amide bonds. The van der Waals surface area contributed by atoms with Gasteiger partial charge in [-0.3, -0.25) is 9.59 Å². The van der Waals surface area contributed by atoms with Gasteiger partial charge in [0, 0.05) is 49.1 Å². The van der Waals surface area contributed by atoms with Crippen LogP contribution in [0, 0.1) is 12.8 Å². The molecule has 2 fully saturated rings. The molecule has 4 rings (SSSR count). The second-order valence-corrected chi connectivity index (χ2v) is 7.00. The van der Waals surface area contributed by atoms with E-state index in [1.54, 1.807) is 0 Å². The Balaban J connectivity index is 0.00000156. The Hall–Kier alpha value is -1.36. The zero-order chi connectivity index (χ0) is 15.3. The predicted molar refractivity (Wildman–Crippen MR) is 90.1 cm³/mol. The monoisotopic (exact) mass is 337 g/mol. The number of halogens is 1. The van der Waals surface area contributed by atoms with Crippen molar-refractivity contribution < 1.29 is 4.79 Å². The van der Waals surface area contributed by atoms with Crippen molar-refractivity contribution in [3.05, 3.63) is 27.4 Å². The van der Waals surface area contributed by atoms with Crippen LogP contribution in [0.5, 0.6) is 0 Å². The summed E-state index contributed by atoms with van der Waals surface area (Å²) in [6, 6.07) is 0. The Morgan fingerprint density at radius 1 is 1.17 bits per heavy atom. The molecule has 1 aliphatic carbocycles. The molecule has 0 aromatic carbocycles. The van der Waals surface area contributed by atoms with Crippen LogP contribution in [0.2, 0.25) is 0 Å². The molecule has 3 heterocycles. The Morgan fingerprint density at radius 2 is 1.96 bits per heavy atom. The van der Waals surface area contributed by atoms with Gasteiger partial charge in [0.05, 0.1) is 0 Å². The topological polar surface area (TPSA) is 55.2 Å². The lowest BCUT2D eigenvalue weighted by atomic mass is 9.91. The van der Waals surface area contributed by atoms with E-state index in [0.29, 0.717) is 11.8 Å². The first-order valence-electron chi connectivity index (χ1n) is 8.54. The number of piperidine rings is 1. The third kappa shape index (κ3) is 2.91. The maximum atomic E-state index is 12.4. The van der Waals surface area contributed by atoms with Crippen LogP contribution in [-0.2, 0) is 17.8 Å². The molecule has 6 heteroatoms. The van der Waals surface area contributed by atoms with Gasteiger partial charge < -0.3 is 9.47 Å². The maximum Gasteiger partial charge on any atom is 0.276 e. The highest BCUT2D eigenvalue weighted by molar-refractivity contribution is 5.85. The predicted octanol–water partition coefficient (Wildman–Crippen LogP) is 2.04. The normalized spacial score (nSPS) is 23.3. The summed E-state index contributed by atoms with van der Waals surface area (Å²) in [6.45, 7) is 4.52. The van der Waals surface area contributed by atoms with Crippen molar-refractivity contribution in [1.29, 1.82) is 0 Å². The number of carbonyl (C=O) groups excluding carboxylic acids is 1. The molecular weight excluding hydrogens is 314 g/mol. The quantitative estimate of drug-likeness (QED) is 0.829. The Bertz CT molecular complexity index is 681. The standard InChI is InChI=1S/C17H23N3O2.ClH/c1-11-15(20-9-3-5-14(20)18-16(11)21)13-4-2-8-19(10-13)17(22)12-6-7-12;/h12-13H,2-10H2,1H3;1H. The van der Waals surface area contributed by atoms with E-state index in [9.17, 15) is 9.59 Å². The Labute approximate surface area is 142 Å². The zero-order valence-corrected chi connectivity index (χ0v) is 14.4. The second-order valence-electron chi connectivity index (χ2n) is 7.00. The maximum absolute atomic E-state index is 12.4. The van der Waals surface area contributed by atoms with Gasteiger partial charge in [0.2, 0.25) is 5.91 Å². The SMILES string of the molecule is Cc1c(C2CCCN(C(=O)C3CC3)C2)n2c(nc1=O)CCC2.Cl. The van der Waals surface area contributed by atoms with Crippen LogP contribution in [0.25, 0.3) is 0 Å². The van der Waals surface area contributed by atoms with Gasteiger partial charge in [0.25, 0.3) is 5.56 Å². The molecule has 1 saturated carbocycles. The van der Waals surface area contributed by atoms with Gasteiger partial charge in [-0.25, -0.2) is 0 Å². The van der Waals surface area contributed by atoms with Crippen molar-refractivity contribution >= 4 is 18.3 Å². The second kappa shape index (κ2) is 6.27. The van der Waals surface area contributed by atoms with Gasteiger partial charge in [-0.1, -0.05) is 0 Å². The van der Waals surface area contributed by atoms with Gasteiger partial charge in [-0.15, -0.1) is 12.4 Å². The summed E-state index contributed by atoms with van der Waals surface area (Å²) < 4.78 is 2.26. The van der Waals surface area contributed by atoms with E-state index >= 15 is 0 Å². The average Bonchev–Trinajstić information content (AvgIpc) is 3.28. The third-order valence-electron chi connectivity index (χ3n) is 5.37. The number of nitrogens with zero attached hydrogens (tertiary/aromatic N) is 3. The van der Waals surface area contributed by atoms with Gasteiger partial charge in [-0.2, -0.15) is 4.98 Å². The van der Waals surface area contributed by atoms with E-state index in [1.165, 1.54) is 0 Å². The summed E-state index contributed by atoms with van der Waals surface area (Å²) >= 11 is 0. The molecule has 0 N–H and O–H groups in total. The number of hydrogen-bond donors (Lipinski definition) is 0. The van der Waals surface area contributed by atoms with Crippen LogP contribution < -0.4 is 5.56 Å². The molecule has 0 radical (unpaired) electrons. The van der Waals surface area contributed by atoms with E-state index in [-0.39, 0.29) is 23.9 Å². The summed E-state index contributed by atoms with van der Waals surface area (Å²) in [4.78, 5) is 30.8. The fourth-order valence-electron chi connectivity index (χ4n) is 4.06. The van der Waals surface area contributed by atoms with E-state index in [0.717, 1.165) is 75.2 Å². The fraction of sp³-hybridized carbons (Fsp3) is 0.706. The minimum absolute atomic E-state index is 0. The molecule has 1 saturated heterocycles. The van der Waals surface area contributed by atoms with Crippen LogP contribution in [0.15, 0.2) is 4.79 Å². The van der Waals surface area contributed by atoms with Crippen molar-refractivity contribution in [3.8, 4) is 0 Å². The molecule has 2 aliphatic heterocycles. The molecular formula is C17H24ClN3O2. The molecule has 1 unspecified atom stereocenters. The first kappa shape index (κ1) is 16.5. The molecule has 1 aromatic heterocycles. The molecule has 1 aromatic rings. The lowest BCUT2D eigenvalue weighted by Gasteiger charge is -2.34. The van der Waals surface area contributed by atoms with E-state index < -0.39 is 0 Å². The average molecular weight is 338 g/mol. The summed E-state index contributed by atoms with van der Waals surface area (Å²) in [6.07, 6.45) is 6.19. The number of fused-ring (bicyclic) bond motifs is 1. The zero-order valence-electron chi connectivity index (χ0n) is 13.6. The number of carbonyl (C=O) groups is 1. The Morgan fingerprint density at radius 3 is 2.70 bits per heavy atom. The van der Waals surface area contributed by atoms with Crippen LogP contribution in [-0.4, -0.2) is 33.4 Å². The van der Waals surface area contributed by atoms with Gasteiger partial charge >= 0.3 is 0 Å². The smallest absolute Gasteiger partial charge is 0.276 e. The molecule has 126 valence electrons. The fourth-order valence-corrected chi connectivity index (χ4v) is 4.06. The highest BCUT2D eigenvalue weighted by atomic mass is 35.5. The number of amides is 1. The van der Waals surface area contributed by atoms with Crippen molar-refractivity contribution in [2.45, 2.75) is 57.9 Å². The lowest BCUT2D eigenvalue weighted by molar-refractivity contribution is -0.133. The van der Waals surface area contributed by atoms with E-state index in [1.807, 2.05) is 11.8 Å². The van der Waals surface area contributed by atoms with Crippen LogP contribution in [0.3, 0.4) is 0 Å². The van der Waals surface area contributed by atoms with E-state index in [4.69, 9.17) is 0 Å². The van der Waals surface area contributed by atoms with Crippen LogP contribution >= 0.6 is 12.4 Å². The molecule has 5 nitrogen and oxygen atoms in total. The number of aromatic nitrogens is 2. The number of aryl methyl sites for hydroxylation is 1. The lowest BCUT2D eigenvalue weighted by Crippen LogP contribution is -2.41. The third-order valence-corrected chi connectivity index (χ3v) is 5.37. The van der Waals surface area contributed by atoms with Crippen molar-refractivity contribution in [2.75, 3.05) is 13.1 Å². The van der Waals surface area contributed by atoms with Crippen molar-refractivity contribution in [3.63, 3.8) is 0 Å². The number of rotatable bonds is 2. The van der Waals surface area contributed by atoms with Crippen molar-refractivity contribution in [2.24, 2.45) is 5.92 Å². The Kier molecular flexibility index (Phi) is 4.50. The highest BCUT2D eigenvalue weighted by Crippen LogP contribution is 2.35. The summed E-state index contributed by atoms with van der Waals surface area (Å²) in [5.41, 5.74) is 1.87. The molecule has 3 aliphatic rings. The largest absolute Gasteiger partial charge is 0.342 e. The molecule has 1 atom stereocenters. The first-order valence-corrected chi connectivity index (χ1v) is 8.54. The number of hydrogen-bond acceptors (Lipinski definition) is 3. The van der Waals surface area contributed by atoms with Crippen LogP contribution in [0.4, 0.5) is 0 Å². The minimum Gasteiger partial charge on any atom is -0.342 e. The highest BCUT2D eigenvalue weighted by Gasteiger charge is 2.36. The first-order chi connectivity index (χ1) is 10.6. The van der Waals surface area contributed by atoms with E-state index in [2.05, 4.69) is 9.55 Å². The molecule has 0 spiro atoms. The molecule has 23 heavy (non-hydrogen) atoms. The van der Waals surface area contributed by atoms with Gasteiger partial charge in [0.15, 0.2) is 0 Å². The number of likely N-dealkylation sites (tertiary alicyclic amines) is 1. The van der Waals surface area contributed by atoms with Gasteiger partial charge in [0.1, 0.15) is 5.82 Å². The summed E-state index contributed by atoms with van der Waals surface area (Å²) in [5, 5.41) is 0. The van der Waals surface area contributed by atoms with Crippen LogP contribution in [0.1, 0.15) is 55.1 Å². The van der Waals surface area contributed by atoms with Gasteiger partial charge in [-0.05, 0) is 39.0 Å². The van der Waals surface area contributed by atoms with Crippen molar-refractivity contribution in [1.82, 2.24) is 14.5 Å². The molecule has 0 bridgehead atoms. The summed E-state index contributed by atoms with van der Waals surface area (Å²) in [5.74, 6) is 1.85. The summed E-state index contributed by atoms with van der Waals surface area (Å²) in [7, 11) is 0. The minimum atomic E-state index is -0.0752.